The predicted molar refractivity (Wildman–Crippen MR) is 51.2 cm³/mol. The van der Waals surface area contributed by atoms with E-state index in [1.807, 2.05) is 25.1 Å². The number of halogens is 1. The first kappa shape index (κ1) is 8.56. The fourth-order valence-corrected chi connectivity index (χ4v) is 1.52. The minimum atomic E-state index is 0.0212. The van der Waals surface area contributed by atoms with E-state index in [2.05, 4.69) is 15.9 Å². The van der Waals surface area contributed by atoms with Gasteiger partial charge in [0.1, 0.15) is 0 Å². The predicted octanol–water partition coefficient (Wildman–Crippen LogP) is 2.05. The lowest BCUT2D eigenvalue weighted by Crippen LogP contribution is -2.06. The van der Waals surface area contributed by atoms with E-state index in [1.54, 1.807) is 0 Å². The van der Waals surface area contributed by atoms with Gasteiger partial charge in [-0.15, -0.1) is 0 Å². The molecular weight excluding hydrogens is 204 g/mol. The average Bonchev–Trinajstić information content (AvgIpc) is 1.94. The van der Waals surface area contributed by atoms with Crippen molar-refractivity contribution in [1.82, 2.24) is 0 Å². The van der Waals surface area contributed by atoms with E-state index >= 15 is 0 Å². The molecule has 0 fully saturated rings. The van der Waals surface area contributed by atoms with Crippen LogP contribution in [-0.2, 0) is 0 Å². The second-order valence-electron chi connectivity index (χ2n) is 2.57. The van der Waals surface area contributed by atoms with Crippen molar-refractivity contribution in [1.29, 1.82) is 0 Å². The number of anilines is 1. The number of rotatable bonds is 1. The molecular formula is C8H11BrN2. The molecule has 0 bridgehead atoms. The molecule has 2 nitrogen and oxygen atoms in total. The van der Waals surface area contributed by atoms with Crippen molar-refractivity contribution in [2.24, 2.45) is 5.73 Å². The van der Waals surface area contributed by atoms with Gasteiger partial charge in [-0.1, -0.05) is 15.9 Å². The van der Waals surface area contributed by atoms with Crippen LogP contribution in [0.5, 0.6) is 0 Å². The lowest BCUT2D eigenvalue weighted by molar-refractivity contribution is 0.814. The Labute approximate surface area is 74.7 Å². The lowest BCUT2D eigenvalue weighted by atomic mass is 10.1. The summed E-state index contributed by atoms with van der Waals surface area (Å²) in [6.45, 7) is 1.93. The van der Waals surface area contributed by atoms with Gasteiger partial charge in [0.05, 0.1) is 0 Å². The van der Waals surface area contributed by atoms with Crippen molar-refractivity contribution in [2.45, 2.75) is 13.0 Å². The molecule has 1 atom stereocenters. The highest BCUT2D eigenvalue weighted by molar-refractivity contribution is 9.10. The number of nitrogen functional groups attached to an aromatic ring is 1. The van der Waals surface area contributed by atoms with E-state index in [9.17, 15) is 0 Å². The van der Waals surface area contributed by atoms with E-state index < -0.39 is 0 Å². The van der Waals surface area contributed by atoms with Gasteiger partial charge in [-0.25, -0.2) is 0 Å². The molecule has 0 aromatic heterocycles. The SMILES string of the molecule is CC(N)c1cc(N)ccc1Br. The highest BCUT2D eigenvalue weighted by Crippen LogP contribution is 2.23. The first-order valence-corrected chi connectivity index (χ1v) is 4.21. The third-order valence-electron chi connectivity index (χ3n) is 1.51. The normalized spacial score (nSPS) is 13.0. The van der Waals surface area contributed by atoms with Crippen LogP contribution >= 0.6 is 15.9 Å². The highest BCUT2D eigenvalue weighted by Gasteiger charge is 2.03. The van der Waals surface area contributed by atoms with Crippen molar-refractivity contribution in [3.05, 3.63) is 28.2 Å². The van der Waals surface area contributed by atoms with Crippen LogP contribution in [0.3, 0.4) is 0 Å². The minimum absolute atomic E-state index is 0.0212. The van der Waals surface area contributed by atoms with Crippen LogP contribution in [0, 0.1) is 0 Å². The largest absolute Gasteiger partial charge is 0.399 e. The smallest absolute Gasteiger partial charge is 0.0318 e. The third-order valence-corrected chi connectivity index (χ3v) is 2.23. The average molecular weight is 215 g/mol. The molecule has 0 spiro atoms. The van der Waals surface area contributed by atoms with Gasteiger partial charge in [-0.3, -0.25) is 0 Å². The molecule has 1 unspecified atom stereocenters. The van der Waals surface area contributed by atoms with Gasteiger partial charge in [-0.05, 0) is 30.7 Å². The number of nitrogens with two attached hydrogens (primary N) is 2. The van der Waals surface area contributed by atoms with Crippen LogP contribution in [0.2, 0.25) is 0 Å². The summed E-state index contributed by atoms with van der Waals surface area (Å²) in [7, 11) is 0. The van der Waals surface area contributed by atoms with E-state index in [-0.39, 0.29) is 6.04 Å². The van der Waals surface area contributed by atoms with E-state index in [1.165, 1.54) is 0 Å². The molecule has 1 rings (SSSR count). The van der Waals surface area contributed by atoms with Crippen LogP contribution in [0.4, 0.5) is 5.69 Å². The molecule has 0 heterocycles. The Morgan fingerprint density at radius 2 is 2.09 bits per heavy atom. The Morgan fingerprint density at radius 1 is 1.45 bits per heavy atom. The monoisotopic (exact) mass is 214 g/mol. The summed E-state index contributed by atoms with van der Waals surface area (Å²) >= 11 is 3.40. The molecule has 0 aliphatic carbocycles. The molecule has 0 aliphatic rings. The summed E-state index contributed by atoms with van der Waals surface area (Å²) in [6.07, 6.45) is 0. The van der Waals surface area contributed by atoms with Crippen LogP contribution in [0.25, 0.3) is 0 Å². The van der Waals surface area contributed by atoms with Crippen LogP contribution < -0.4 is 11.5 Å². The maximum atomic E-state index is 5.70. The summed E-state index contributed by atoms with van der Waals surface area (Å²) in [5.41, 5.74) is 13.1. The van der Waals surface area contributed by atoms with E-state index in [0.717, 1.165) is 15.7 Å². The Morgan fingerprint density at radius 3 is 2.55 bits per heavy atom. The minimum Gasteiger partial charge on any atom is -0.399 e. The fourth-order valence-electron chi connectivity index (χ4n) is 0.911. The highest BCUT2D eigenvalue weighted by atomic mass is 79.9. The summed E-state index contributed by atoms with van der Waals surface area (Å²) in [5.74, 6) is 0. The van der Waals surface area contributed by atoms with Gasteiger partial charge in [0.15, 0.2) is 0 Å². The summed E-state index contributed by atoms with van der Waals surface area (Å²) < 4.78 is 1.02. The van der Waals surface area contributed by atoms with Gasteiger partial charge in [0, 0.05) is 16.2 Å². The Hall–Kier alpha value is -0.540. The number of hydrogen-bond donors (Lipinski definition) is 2. The molecule has 3 heteroatoms. The summed E-state index contributed by atoms with van der Waals surface area (Å²) in [6, 6.07) is 5.66. The van der Waals surface area contributed by atoms with Crippen molar-refractivity contribution >= 4 is 21.6 Å². The number of benzene rings is 1. The van der Waals surface area contributed by atoms with Gasteiger partial charge in [0.25, 0.3) is 0 Å². The second-order valence-corrected chi connectivity index (χ2v) is 3.42. The second kappa shape index (κ2) is 3.24. The van der Waals surface area contributed by atoms with E-state index in [0.29, 0.717) is 0 Å². The Balaban J connectivity index is 3.13. The third kappa shape index (κ3) is 1.94. The molecule has 0 saturated heterocycles. The molecule has 1 aromatic rings. The number of hydrogen-bond acceptors (Lipinski definition) is 2. The topological polar surface area (TPSA) is 52.0 Å². The van der Waals surface area contributed by atoms with Crippen molar-refractivity contribution in [3.8, 4) is 0 Å². The molecule has 1 aromatic carbocycles. The molecule has 60 valence electrons. The van der Waals surface area contributed by atoms with Gasteiger partial charge < -0.3 is 11.5 Å². The van der Waals surface area contributed by atoms with Crippen molar-refractivity contribution in [3.63, 3.8) is 0 Å². The maximum Gasteiger partial charge on any atom is 0.0318 e. The zero-order valence-electron chi connectivity index (χ0n) is 6.34. The van der Waals surface area contributed by atoms with E-state index in [4.69, 9.17) is 11.5 Å². The summed E-state index contributed by atoms with van der Waals surface area (Å²) in [5, 5.41) is 0. The zero-order chi connectivity index (χ0) is 8.43. The van der Waals surface area contributed by atoms with Crippen LogP contribution in [0.15, 0.2) is 22.7 Å². The van der Waals surface area contributed by atoms with Gasteiger partial charge in [0.2, 0.25) is 0 Å². The maximum absolute atomic E-state index is 5.70. The quantitative estimate of drug-likeness (QED) is 0.704. The Bertz CT molecular complexity index is 258. The molecule has 11 heavy (non-hydrogen) atoms. The summed E-state index contributed by atoms with van der Waals surface area (Å²) in [4.78, 5) is 0. The van der Waals surface area contributed by atoms with Crippen LogP contribution in [-0.4, -0.2) is 0 Å². The molecule has 0 saturated carbocycles. The Kier molecular flexibility index (Phi) is 2.52. The molecule has 4 N–H and O–H groups in total. The molecule has 0 aliphatic heterocycles. The molecule has 0 radical (unpaired) electrons. The van der Waals surface area contributed by atoms with Gasteiger partial charge >= 0.3 is 0 Å². The van der Waals surface area contributed by atoms with Crippen molar-refractivity contribution in [2.75, 3.05) is 5.73 Å². The first-order chi connectivity index (χ1) is 5.11. The zero-order valence-corrected chi connectivity index (χ0v) is 7.93. The molecule has 0 amide bonds. The van der Waals surface area contributed by atoms with Crippen LogP contribution in [0.1, 0.15) is 18.5 Å². The fraction of sp³-hybridized carbons (Fsp3) is 0.250. The van der Waals surface area contributed by atoms with Gasteiger partial charge in [-0.2, -0.15) is 0 Å². The lowest BCUT2D eigenvalue weighted by Gasteiger charge is -2.08. The van der Waals surface area contributed by atoms with Crippen molar-refractivity contribution < 1.29 is 0 Å². The standard InChI is InChI=1S/C8H11BrN2/c1-5(10)7-4-6(11)2-3-8(7)9/h2-5H,10-11H2,1H3. The first-order valence-electron chi connectivity index (χ1n) is 3.42.